The predicted octanol–water partition coefficient (Wildman–Crippen LogP) is 1.59. The van der Waals surface area contributed by atoms with Crippen molar-refractivity contribution in [2.24, 2.45) is 10.2 Å². The van der Waals surface area contributed by atoms with Crippen LogP contribution in [0.15, 0.2) is 80.3 Å². The van der Waals surface area contributed by atoms with Crippen molar-refractivity contribution in [2.75, 3.05) is 16.6 Å². The van der Waals surface area contributed by atoms with Gasteiger partial charge in [-0.1, -0.05) is 0 Å². The number of carbonyl (C=O) groups excluding carboxylic acids is 2. The number of carbonyl (C=O) groups is 2. The Morgan fingerprint density at radius 2 is 1.56 bits per heavy atom. The molecule has 0 aliphatic heterocycles. The largest absolute Gasteiger partial charge is 1.00 e. The number of rotatable bonds is 7. The molecule has 212 valence electrons. The first-order chi connectivity index (χ1) is 18.7. The van der Waals surface area contributed by atoms with Gasteiger partial charge in [-0.2, -0.15) is 27.0 Å². The summed E-state index contributed by atoms with van der Waals surface area (Å²) in [6, 6.07) is 6.95. The van der Waals surface area contributed by atoms with Gasteiger partial charge in [0.05, 0.1) is 33.0 Å². The van der Waals surface area contributed by atoms with E-state index in [1.54, 1.807) is 0 Å². The summed E-state index contributed by atoms with van der Waals surface area (Å²) in [5.74, 6) is -1.77. The van der Waals surface area contributed by atoms with E-state index in [2.05, 4.69) is 21.1 Å². The van der Waals surface area contributed by atoms with Gasteiger partial charge in [0, 0.05) is 34.6 Å². The zero-order chi connectivity index (χ0) is 29.4. The molecule has 2 aliphatic rings. The van der Waals surface area contributed by atoms with Crippen molar-refractivity contribution in [1.29, 1.82) is 0 Å². The van der Waals surface area contributed by atoms with Crippen LogP contribution in [0.1, 0.15) is 17.3 Å². The zero-order valence-corrected chi connectivity index (χ0v) is 23.0. The van der Waals surface area contributed by atoms with Gasteiger partial charge in [0.15, 0.2) is 5.71 Å². The third kappa shape index (κ3) is 6.63. The van der Waals surface area contributed by atoms with Crippen LogP contribution in [-0.4, -0.2) is 53.9 Å². The molecular formula is C22H17CrN6O10S2+. The molecule has 0 atom stereocenters. The molecule has 4 rings (SSSR count). The van der Waals surface area contributed by atoms with Crippen LogP contribution in [0.3, 0.4) is 0 Å². The summed E-state index contributed by atoms with van der Waals surface area (Å²) in [6.07, 6.45) is 3.76. The number of anilines is 3. The predicted molar refractivity (Wildman–Crippen MR) is 143 cm³/mol. The number of fused-ring (bicyclic) bond motifs is 1. The van der Waals surface area contributed by atoms with Gasteiger partial charge in [-0.15, -0.1) is 0 Å². The van der Waals surface area contributed by atoms with Crippen LogP contribution in [0, 0.1) is 10.1 Å². The number of benzene rings is 2. The number of hydrazone groups is 2. The third-order valence-corrected chi connectivity index (χ3v) is 7.15. The van der Waals surface area contributed by atoms with Crippen molar-refractivity contribution in [3.05, 3.63) is 86.5 Å². The summed E-state index contributed by atoms with van der Waals surface area (Å²) in [5, 5.41) is 18.5. The maximum Gasteiger partial charge on any atom is 1.00 e. The Balaban J connectivity index is 0.00000308. The number of hydrogen-bond acceptors (Lipinski definition) is 13. The molecule has 0 fully saturated rings. The molecular weight excluding hydrogens is 624 g/mol. The average molecular weight is 642 g/mol. The molecule has 0 saturated carbocycles. The average Bonchev–Trinajstić information content (AvgIpc) is 2.87. The van der Waals surface area contributed by atoms with Crippen molar-refractivity contribution in [2.45, 2.75) is 4.90 Å². The smallest absolute Gasteiger partial charge is 0.397 e. The van der Waals surface area contributed by atoms with Gasteiger partial charge in [-0.3, -0.25) is 39.7 Å². The summed E-state index contributed by atoms with van der Waals surface area (Å²) >= 11 is 0. The number of nitrogens with zero attached hydrogens (tertiary/aromatic N) is 3. The Kier molecular flexibility index (Phi) is 8.73. The monoisotopic (exact) mass is 641 g/mol. The molecule has 0 bridgehead atoms. The van der Waals surface area contributed by atoms with E-state index in [1.807, 2.05) is 0 Å². The maximum absolute atomic E-state index is 13.3. The van der Waals surface area contributed by atoms with E-state index in [4.69, 9.17) is 10.3 Å². The number of nitrogens with two attached hydrogens (primary N) is 1. The first-order valence-electron chi connectivity index (χ1n) is 10.7. The summed E-state index contributed by atoms with van der Waals surface area (Å²) in [4.78, 5) is 34.2. The minimum atomic E-state index is -5.05. The number of nitro groups is 1. The van der Waals surface area contributed by atoms with Crippen LogP contribution in [0.5, 0.6) is 0 Å². The van der Waals surface area contributed by atoms with Crippen molar-refractivity contribution in [1.82, 2.24) is 0 Å². The molecule has 0 heterocycles. The van der Waals surface area contributed by atoms with Crippen LogP contribution in [0.2, 0.25) is 0 Å². The number of ketones is 2. The van der Waals surface area contributed by atoms with E-state index in [0.29, 0.717) is 0 Å². The normalized spacial score (nSPS) is 16.9. The SMILES string of the molecule is Nc1ccc2c(c1NN=C1C=CC([N+](=O)[O-])=CC1=O)C=C(S(=O)(=O)O)C(=NNc1ccc(S(=O)(=O)O)cc1)C2=O.[Cr].[H+]. The van der Waals surface area contributed by atoms with Crippen LogP contribution >= 0.6 is 0 Å². The number of hydrogen-bond donors (Lipinski definition) is 5. The van der Waals surface area contributed by atoms with Gasteiger partial charge < -0.3 is 5.73 Å². The molecule has 19 heteroatoms. The van der Waals surface area contributed by atoms with Crippen LogP contribution in [0.4, 0.5) is 17.1 Å². The van der Waals surface area contributed by atoms with Gasteiger partial charge in [0.25, 0.3) is 25.9 Å². The second kappa shape index (κ2) is 11.5. The summed E-state index contributed by atoms with van der Waals surface area (Å²) in [6.45, 7) is 0. The Morgan fingerprint density at radius 3 is 2.12 bits per heavy atom. The fourth-order valence-corrected chi connectivity index (χ4v) is 4.63. The molecule has 0 unspecified atom stereocenters. The van der Waals surface area contributed by atoms with Gasteiger partial charge >= 0.3 is 1.43 Å². The van der Waals surface area contributed by atoms with Crippen molar-refractivity contribution < 1.29 is 59.2 Å². The van der Waals surface area contributed by atoms with E-state index in [9.17, 15) is 41.1 Å². The standard InChI is InChI=1S/C22H16N6O10S2.Cr/c23-16-7-6-14-15(20(16)26-25-17-8-3-12(28(31)32)9-18(17)29)10-19(40(36,37)38)21(22(14)30)27-24-11-1-4-13(5-2-11)39(33,34)35;/h1-10,24,26H,23H2,(H,33,34,35)(H,36,37,38);/p+1. The number of nitrogen functional groups attached to an aromatic ring is 1. The minimum Gasteiger partial charge on any atom is -0.397 e. The molecule has 41 heavy (non-hydrogen) atoms. The second-order valence-electron chi connectivity index (χ2n) is 8.01. The summed E-state index contributed by atoms with van der Waals surface area (Å²) in [7, 11) is -9.52. The molecule has 2 aromatic rings. The van der Waals surface area contributed by atoms with Crippen molar-refractivity contribution in [3.63, 3.8) is 0 Å². The van der Waals surface area contributed by atoms with Crippen LogP contribution < -0.4 is 16.6 Å². The molecule has 0 aromatic heterocycles. The van der Waals surface area contributed by atoms with Crippen LogP contribution in [0.25, 0.3) is 6.08 Å². The van der Waals surface area contributed by atoms with E-state index < -0.39 is 57.9 Å². The van der Waals surface area contributed by atoms with E-state index in [1.165, 1.54) is 24.3 Å². The number of allylic oxidation sites excluding steroid dienone is 4. The van der Waals surface area contributed by atoms with Gasteiger partial charge in [-0.05, 0) is 48.6 Å². The zero-order valence-electron chi connectivity index (χ0n) is 21.1. The fourth-order valence-electron chi connectivity index (χ4n) is 3.50. The quantitative estimate of drug-likeness (QED) is 0.0947. The Hall–Kier alpha value is -4.51. The van der Waals surface area contributed by atoms with Crippen molar-refractivity contribution >= 4 is 66.4 Å². The number of Topliss-reactive ketones (excluding diaryl/α,β-unsaturated/α-hetero) is 1. The molecule has 2 aliphatic carbocycles. The summed E-state index contributed by atoms with van der Waals surface area (Å²) < 4.78 is 65.7. The fraction of sp³-hybridized carbons (Fsp3) is 0. The van der Waals surface area contributed by atoms with Gasteiger partial charge in [-0.25, -0.2) is 0 Å². The molecule has 0 radical (unpaired) electrons. The Bertz CT molecular complexity index is 1870. The summed E-state index contributed by atoms with van der Waals surface area (Å²) in [5.41, 5.74) is 9.10. The third-order valence-electron chi connectivity index (χ3n) is 5.42. The van der Waals surface area contributed by atoms with E-state index in [-0.39, 0.29) is 52.7 Å². The van der Waals surface area contributed by atoms with E-state index >= 15 is 0 Å². The molecule has 6 N–H and O–H groups in total. The Morgan fingerprint density at radius 1 is 0.902 bits per heavy atom. The maximum atomic E-state index is 13.3. The minimum absolute atomic E-state index is 0. The molecule has 2 aromatic carbocycles. The first kappa shape index (κ1) is 31.0. The molecule has 0 saturated heterocycles. The first-order valence-corrected chi connectivity index (χ1v) is 13.5. The van der Waals surface area contributed by atoms with Gasteiger partial charge in [0.2, 0.25) is 11.6 Å². The van der Waals surface area contributed by atoms with Gasteiger partial charge in [0.1, 0.15) is 10.6 Å². The van der Waals surface area contributed by atoms with Crippen molar-refractivity contribution in [3.8, 4) is 0 Å². The molecule has 0 amide bonds. The molecule has 0 spiro atoms. The second-order valence-corrected chi connectivity index (χ2v) is 10.8. The number of nitrogens with one attached hydrogen (secondary N) is 2. The molecule has 16 nitrogen and oxygen atoms in total. The van der Waals surface area contributed by atoms with Crippen LogP contribution in [-0.2, 0) is 42.4 Å². The topological polar surface area (TPSA) is 261 Å². The Labute approximate surface area is 243 Å². The van der Waals surface area contributed by atoms with E-state index in [0.717, 1.165) is 36.4 Å².